The van der Waals surface area contributed by atoms with Gasteiger partial charge in [0.05, 0.1) is 22.5 Å². The topological polar surface area (TPSA) is 114 Å². The van der Waals surface area contributed by atoms with E-state index in [0.29, 0.717) is 27.8 Å². The van der Waals surface area contributed by atoms with E-state index in [4.69, 9.17) is 5.73 Å². The van der Waals surface area contributed by atoms with Crippen LogP contribution in [0.25, 0.3) is 22.2 Å². The van der Waals surface area contributed by atoms with Crippen molar-refractivity contribution in [2.75, 3.05) is 5.32 Å². The number of carbonyl (C=O) groups excluding carboxylic acids is 2. The summed E-state index contributed by atoms with van der Waals surface area (Å²) in [5.41, 5.74) is 10.1. The largest absolute Gasteiger partial charge is 0.364 e. The molecule has 0 unspecified atom stereocenters. The third kappa shape index (κ3) is 3.37. The van der Waals surface area contributed by atoms with Crippen molar-refractivity contribution in [2.45, 2.75) is 13.8 Å². The predicted octanol–water partition coefficient (Wildman–Crippen LogP) is 3.65. The van der Waals surface area contributed by atoms with Crippen molar-refractivity contribution in [2.24, 2.45) is 5.73 Å². The van der Waals surface area contributed by atoms with E-state index in [-0.39, 0.29) is 5.91 Å². The molecule has 0 radical (unpaired) electrons. The molecule has 0 saturated carbocycles. The Morgan fingerprint density at radius 3 is 2.71 bits per heavy atom. The fraction of sp³-hybridized carbons (Fsp3) is 0.100. The Morgan fingerprint density at radius 2 is 1.96 bits per heavy atom. The Hall–Kier alpha value is -3.52. The first-order chi connectivity index (χ1) is 13.4. The Labute approximate surface area is 164 Å². The summed E-state index contributed by atoms with van der Waals surface area (Å²) in [5, 5.41) is 6.01. The molecule has 0 fully saturated rings. The van der Waals surface area contributed by atoms with Crippen molar-refractivity contribution in [3.05, 3.63) is 64.4 Å². The minimum Gasteiger partial charge on any atom is -0.364 e. The number of hydrogen-bond acceptors (Lipinski definition) is 5. The third-order valence-electron chi connectivity index (χ3n) is 4.37. The molecule has 1 aromatic carbocycles. The van der Waals surface area contributed by atoms with Crippen LogP contribution >= 0.6 is 11.3 Å². The smallest absolute Gasteiger partial charge is 0.265 e. The van der Waals surface area contributed by atoms with E-state index in [2.05, 4.69) is 20.3 Å². The van der Waals surface area contributed by atoms with Gasteiger partial charge in [0.1, 0.15) is 5.69 Å². The van der Waals surface area contributed by atoms with E-state index < -0.39 is 5.91 Å². The number of H-pyrrole nitrogens is 1. The number of rotatable bonds is 4. The number of thiazole rings is 1. The Kier molecular flexibility index (Phi) is 4.40. The molecule has 0 atom stereocenters. The molecule has 0 aliphatic carbocycles. The number of primary amides is 1. The maximum Gasteiger partial charge on any atom is 0.265 e. The molecule has 0 spiro atoms. The second-order valence-electron chi connectivity index (χ2n) is 6.48. The zero-order valence-electron chi connectivity index (χ0n) is 15.2. The number of pyridine rings is 1. The molecule has 0 aliphatic rings. The summed E-state index contributed by atoms with van der Waals surface area (Å²) in [4.78, 5) is 35.7. The number of anilines is 1. The number of aromatic nitrogens is 3. The molecular weight excluding hydrogens is 374 g/mol. The van der Waals surface area contributed by atoms with Crippen LogP contribution in [0, 0.1) is 13.8 Å². The number of fused-ring (bicyclic) bond motifs is 1. The van der Waals surface area contributed by atoms with Gasteiger partial charge in [-0.05, 0) is 38.1 Å². The first-order valence-electron chi connectivity index (χ1n) is 8.54. The maximum absolute atomic E-state index is 12.8. The van der Waals surface area contributed by atoms with E-state index in [1.165, 1.54) is 11.3 Å². The molecule has 28 heavy (non-hydrogen) atoms. The molecule has 4 N–H and O–H groups in total. The van der Waals surface area contributed by atoms with Crippen LogP contribution in [0.15, 0.2) is 41.9 Å². The molecule has 2 amide bonds. The minimum absolute atomic E-state index is 0.263. The highest BCUT2D eigenvalue weighted by Gasteiger charge is 2.15. The molecule has 3 heterocycles. The average Bonchev–Trinajstić information content (AvgIpc) is 3.30. The minimum atomic E-state index is -0.537. The lowest BCUT2D eigenvalue weighted by molar-refractivity contribution is 0.0993. The molecular formula is C20H17N5O2S. The lowest BCUT2D eigenvalue weighted by Crippen LogP contribution is -2.14. The summed E-state index contributed by atoms with van der Waals surface area (Å²) in [6, 6.07) is 9.42. The van der Waals surface area contributed by atoms with Crippen LogP contribution in [0.2, 0.25) is 0 Å². The van der Waals surface area contributed by atoms with E-state index in [0.717, 1.165) is 22.0 Å². The van der Waals surface area contributed by atoms with E-state index >= 15 is 0 Å². The molecule has 7 nitrogen and oxygen atoms in total. The standard InChI is InChI=1S/C20H17N5O2S/c1-10-3-4-15-12(5-10)6-14(11(2)23-15)19(27)25-20-24-17(9-28-20)13-7-16(18(21)26)22-8-13/h3-9,22H,1-2H3,(H2,21,26)(H,24,25,27). The summed E-state index contributed by atoms with van der Waals surface area (Å²) in [6.07, 6.45) is 1.65. The maximum atomic E-state index is 12.8. The van der Waals surface area contributed by atoms with E-state index in [9.17, 15) is 9.59 Å². The molecule has 4 rings (SSSR count). The number of nitrogens with two attached hydrogens (primary N) is 1. The van der Waals surface area contributed by atoms with Crippen LogP contribution in [0.1, 0.15) is 32.1 Å². The van der Waals surface area contributed by atoms with Crippen LogP contribution < -0.4 is 11.1 Å². The van der Waals surface area contributed by atoms with Gasteiger partial charge in [-0.2, -0.15) is 0 Å². The van der Waals surface area contributed by atoms with Crippen LogP contribution in [0.4, 0.5) is 5.13 Å². The number of nitrogens with one attached hydrogen (secondary N) is 2. The summed E-state index contributed by atoms with van der Waals surface area (Å²) < 4.78 is 0. The Bertz CT molecular complexity index is 1220. The van der Waals surface area contributed by atoms with Crippen molar-refractivity contribution in [1.29, 1.82) is 0 Å². The van der Waals surface area contributed by atoms with Crippen molar-refractivity contribution in [3.8, 4) is 11.3 Å². The first-order valence-corrected chi connectivity index (χ1v) is 9.42. The lowest BCUT2D eigenvalue weighted by atomic mass is 10.1. The van der Waals surface area contributed by atoms with E-state index in [1.807, 2.05) is 38.1 Å². The first kappa shape index (κ1) is 17.9. The third-order valence-corrected chi connectivity index (χ3v) is 5.13. The van der Waals surface area contributed by atoms with Crippen LogP contribution in [0.5, 0.6) is 0 Å². The fourth-order valence-corrected chi connectivity index (χ4v) is 3.65. The number of nitrogens with zero attached hydrogens (tertiary/aromatic N) is 2. The molecule has 0 bridgehead atoms. The van der Waals surface area contributed by atoms with Gasteiger partial charge in [0.2, 0.25) is 0 Å². The van der Waals surface area contributed by atoms with Gasteiger partial charge in [-0.3, -0.25) is 19.9 Å². The second kappa shape index (κ2) is 6.90. The number of hydrogen-bond donors (Lipinski definition) is 3. The highest BCUT2D eigenvalue weighted by molar-refractivity contribution is 7.14. The lowest BCUT2D eigenvalue weighted by Gasteiger charge is -2.07. The molecule has 0 saturated heterocycles. The highest BCUT2D eigenvalue weighted by Crippen LogP contribution is 2.26. The summed E-state index contributed by atoms with van der Waals surface area (Å²) in [7, 11) is 0. The Balaban J connectivity index is 1.58. The van der Waals surface area contributed by atoms with Gasteiger partial charge in [-0.25, -0.2) is 4.98 Å². The summed E-state index contributed by atoms with van der Waals surface area (Å²) >= 11 is 1.30. The van der Waals surface area contributed by atoms with Crippen LogP contribution in [-0.2, 0) is 0 Å². The second-order valence-corrected chi connectivity index (χ2v) is 7.33. The quantitative estimate of drug-likeness (QED) is 0.492. The van der Waals surface area contributed by atoms with Gasteiger partial charge in [0, 0.05) is 22.5 Å². The number of amides is 2. The molecule has 0 aliphatic heterocycles. The molecule has 140 valence electrons. The fourth-order valence-electron chi connectivity index (χ4n) is 2.93. The van der Waals surface area contributed by atoms with Crippen LogP contribution in [0.3, 0.4) is 0 Å². The SMILES string of the molecule is Cc1ccc2nc(C)c(C(=O)Nc3nc(-c4c[nH]c(C(N)=O)c4)cs3)cc2c1. The van der Waals surface area contributed by atoms with Gasteiger partial charge in [-0.1, -0.05) is 11.6 Å². The van der Waals surface area contributed by atoms with Gasteiger partial charge in [0.25, 0.3) is 11.8 Å². The monoisotopic (exact) mass is 391 g/mol. The number of benzene rings is 1. The summed E-state index contributed by atoms with van der Waals surface area (Å²) in [5.74, 6) is -0.800. The average molecular weight is 391 g/mol. The van der Waals surface area contributed by atoms with Gasteiger partial charge in [-0.15, -0.1) is 11.3 Å². The highest BCUT2D eigenvalue weighted by atomic mass is 32.1. The zero-order valence-corrected chi connectivity index (χ0v) is 16.1. The molecule has 8 heteroatoms. The number of carbonyl (C=O) groups is 2. The van der Waals surface area contributed by atoms with Crippen molar-refractivity contribution < 1.29 is 9.59 Å². The van der Waals surface area contributed by atoms with Crippen molar-refractivity contribution in [3.63, 3.8) is 0 Å². The number of aryl methyl sites for hydroxylation is 2. The number of aromatic amines is 1. The predicted molar refractivity (Wildman–Crippen MR) is 110 cm³/mol. The van der Waals surface area contributed by atoms with Gasteiger partial charge >= 0.3 is 0 Å². The van der Waals surface area contributed by atoms with Crippen molar-refractivity contribution in [1.82, 2.24) is 15.0 Å². The van der Waals surface area contributed by atoms with Gasteiger partial charge < -0.3 is 10.7 Å². The van der Waals surface area contributed by atoms with Crippen LogP contribution in [-0.4, -0.2) is 26.8 Å². The van der Waals surface area contributed by atoms with Crippen molar-refractivity contribution >= 4 is 39.2 Å². The normalized spacial score (nSPS) is 10.9. The Morgan fingerprint density at radius 1 is 1.14 bits per heavy atom. The zero-order chi connectivity index (χ0) is 19.8. The summed E-state index contributed by atoms with van der Waals surface area (Å²) in [6.45, 7) is 3.81. The van der Waals surface area contributed by atoms with Gasteiger partial charge in [0.15, 0.2) is 5.13 Å². The molecule has 3 aromatic heterocycles. The molecule has 4 aromatic rings. The van der Waals surface area contributed by atoms with E-state index in [1.54, 1.807) is 17.6 Å².